The summed E-state index contributed by atoms with van der Waals surface area (Å²) in [6, 6.07) is 5.32. The SMILES string of the molecule is COC(=O)C(=O)CC(=O)c1ccc(C)cc1C. The Kier molecular flexibility index (Phi) is 4.15. The lowest BCUT2D eigenvalue weighted by Gasteiger charge is -2.05. The van der Waals surface area contributed by atoms with Gasteiger partial charge in [0.25, 0.3) is 0 Å². The van der Waals surface area contributed by atoms with Crippen LogP contribution in [-0.2, 0) is 14.3 Å². The van der Waals surface area contributed by atoms with Gasteiger partial charge in [-0.15, -0.1) is 0 Å². The number of carbonyl (C=O) groups is 3. The highest BCUT2D eigenvalue weighted by molar-refractivity contribution is 6.38. The molecule has 1 aromatic carbocycles. The van der Waals surface area contributed by atoms with Crippen molar-refractivity contribution in [3.05, 3.63) is 34.9 Å². The number of rotatable bonds is 4. The first-order valence-corrected chi connectivity index (χ1v) is 5.17. The van der Waals surface area contributed by atoms with Gasteiger partial charge in [0.15, 0.2) is 5.78 Å². The molecule has 0 bridgehead atoms. The molecule has 0 spiro atoms. The quantitative estimate of drug-likeness (QED) is 0.344. The summed E-state index contributed by atoms with van der Waals surface area (Å²) in [4.78, 5) is 33.9. The second-order valence-corrected chi connectivity index (χ2v) is 3.83. The van der Waals surface area contributed by atoms with E-state index in [0.29, 0.717) is 5.56 Å². The van der Waals surface area contributed by atoms with Gasteiger partial charge in [-0.1, -0.05) is 23.8 Å². The maximum Gasteiger partial charge on any atom is 0.374 e. The second kappa shape index (κ2) is 5.39. The van der Waals surface area contributed by atoms with Crippen LogP contribution in [0.25, 0.3) is 0 Å². The molecule has 0 fully saturated rings. The largest absolute Gasteiger partial charge is 0.463 e. The molecule has 0 N–H and O–H groups in total. The molecule has 0 atom stereocenters. The van der Waals surface area contributed by atoms with Gasteiger partial charge in [-0.25, -0.2) is 4.79 Å². The van der Waals surface area contributed by atoms with Crippen LogP contribution >= 0.6 is 0 Å². The summed E-state index contributed by atoms with van der Waals surface area (Å²) >= 11 is 0. The van der Waals surface area contributed by atoms with E-state index in [0.717, 1.165) is 18.2 Å². The van der Waals surface area contributed by atoms with Gasteiger partial charge in [0, 0.05) is 5.56 Å². The fourth-order valence-electron chi connectivity index (χ4n) is 1.55. The first kappa shape index (κ1) is 13.1. The van der Waals surface area contributed by atoms with E-state index in [2.05, 4.69) is 4.74 Å². The first-order chi connectivity index (χ1) is 7.95. The van der Waals surface area contributed by atoms with Crippen molar-refractivity contribution in [2.45, 2.75) is 20.3 Å². The number of ether oxygens (including phenoxy) is 1. The van der Waals surface area contributed by atoms with Crippen molar-refractivity contribution in [1.82, 2.24) is 0 Å². The maximum absolute atomic E-state index is 11.8. The topological polar surface area (TPSA) is 60.4 Å². The Bertz CT molecular complexity index is 474. The molecule has 4 heteroatoms. The third-order valence-electron chi connectivity index (χ3n) is 2.42. The van der Waals surface area contributed by atoms with Crippen LogP contribution in [0.5, 0.6) is 0 Å². The van der Waals surface area contributed by atoms with E-state index >= 15 is 0 Å². The summed E-state index contributed by atoms with van der Waals surface area (Å²) in [6.07, 6.45) is -0.448. The van der Waals surface area contributed by atoms with Gasteiger partial charge in [0.2, 0.25) is 5.78 Å². The van der Waals surface area contributed by atoms with Crippen molar-refractivity contribution >= 4 is 17.5 Å². The van der Waals surface area contributed by atoms with Crippen LogP contribution in [0.1, 0.15) is 27.9 Å². The molecular weight excluding hydrogens is 220 g/mol. The average Bonchev–Trinajstić information content (AvgIpc) is 2.27. The molecule has 0 aliphatic rings. The van der Waals surface area contributed by atoms with Crippen LogP contribution in [0.15, 0.2) is 18.2 Å². The van der Waals surface area contributed by atoms with Gasteiger partial charge >= 0.3 is 5.97 Å². The van der Waals surface area contributed by atoms with E-state index in [-0.39, 0.29) is 5.78 Å². The van der Waals surface area contributed by atoms with Crippen molar-refractivity contribution in [2.24, 2.45) is 0 Å². The molecule has 0 aliphatic carbocycles. The van der Waals surface area contributed by atoms with Gasteiger partial charge in [-0.2, -0.15) is 0 Å². The van der Waals surface area contributed by atoms with Crippen molar-refractivity contribution < 1.29 is 19.1 Å². The third kappa shape index (κ3) is 3.24. The summed E-state index contributed by atoms with van der Waals surface area (Å²) in [5, 5.41) is 0. The first-order valence-electron chi connectivity index (χ1n) is 5.17. The Morgan fingerprint density at radius 1 is 1.18 bits per heavy atom. The number of benzene rings is 1. The van der Waals surface area contributed by atoms with Crippen molar-refractivity contribution in [2.75, 3.05) is 7.11 Å². The van der Waals surface area contributed by atoms with Crippen LogP contribution in [0, 0.1) is 13.8 Å². The molecule has 0 aliphatic heterocycles. The molecule has 1 rings (SSSR count). The Hall–Kier alpha value is -1.97. The van der Waals surface area contributed by atoms with Gasteiger partial charge in [-0.3, -0.25) is 9.59 Å². The number of hydrogen-bond acceptors (Lipinski definition) is 4. The molecule has 1 aromatic rings. The van der Waals surface area contributed by atoms with Crippen molar-refractivity contribution in [3.63, 3.8) is 0 Å². The number of carbonyl (C=O) groups excluding carboxylic acids is 3. The van der Waals surface area contributed by atoms with Crippen LogP contribution in [0.2, 0.25) is 0 Å². The standard InChI is InChI=1S/C13H14O4/c1-8-4-5-10(9(2)6-8)11(14)7-12(15)13(16)17-3/h4-6H,7H2,1-3H3. The number of ketones is 2. The maximum atomic E-state index is 11.8. The Balaban J connectivity index is 2.84. The van der Waals surface area contributed by atoms with Crippen LogP contribution in [0.3, 0.4) is 0 Å². The molecular formula is C13H14O4. The molecule has 0 heterocycles. The Labute approximate surface area is 99.6 Å². The second-order valence-electron chi connectivity index (χ2n) is 3.83. The van der Waals surface area contributed by atoms with Gasteiger partial charge in [-0.05, 0) is 19.4 Å². The molecule has 4 nitrogen and oxygen atoms in total. The highest BCUT2D eigenvalue weighted by atomic mass is 16.5. The van der Waals surface area contributed by atoms with E-state index in [1.807, 2.05) is 13.0 Å². The zero-order valence-corrected chi connectivity index (χ0v) is 10.1. The predicted molar refractivity (Wildman–Crippen MR) is 61.9 cm³/mol. The molecule has 0 aromatic heterocycles. The van der Waals surface area contributed by atoms with Gasteiger partial charge in [0.05, 0.1) is 13.5 Å². The van der Waals surface area contributed by atoms with E-state index in [1.54, 1.807) is 19.1 Å². The minimum absolute atomic E-state index is 0.363. The zero-order chi connectivity index (χ0) is 13.0. The fourth-order valence-corrected chi connectivity index (χ4v) is 1.55. The zero-order valence-electron chi connectivity index (χ0n) is 10.1. The Morgan fingerprint density at radius 3 is 2.35 bits per heavy atom. The van der Waals surface area contributed by atoms with Crippen molar-refractivity contribution in [1.29, 1.82) is 0 Å². The summed E-state index contributed by atoms with van der Waals surface area (Å²) in [5.74, 6) is -2.17. The normalized spacial score (nSPS) is 9.82. The lowest BCUT2D eigenvalue weighted by Crippen LogP contribution is -2.19. The highest BCUT2D eigenvalue weighted by Crippen LogP contribution is 2.13. The molecule has 0 unspecified atom stereocenters. The van der Waals surface area contributed by atoms with E-state index in [9.17, 15) is 14.4 Å². The molecule has 90 valence electrons. The number of Topliss-reactive ketones (excluding diaryl/α,β-unsaturated/α-hetero) is 2. The van der Waals surface area contributed by atoms with Crippen LogP contribution < -0.4 is 0 Å². The summed E-state index contributed by atoms with van der Waals surface area (Å²) in [5.41, 5.74) is 2.30. The summed E-state index contributed by atoms with van der Waals surface area (Å²) < 4.78 is 4.26. The Morgan fingerprint density at radius 2 is 1.82 bits per heavy atom. The van der Waals surface area contributed by atoms with Crippen molar-refractivity contribution in [3.8, 4) is 0 Å². The average molecular weight is 234 g/mol. The third-order valence-corrected chi connectivity index (χ3v) is 2.42. The fraction of sp³-hybridized carbons (Fsp3) is 0.308. The summed E-state index contributed by atoms with van der Waals surface area (Å²) in [7, 11) is 1.11. The predicted octanol–water partition coefficient (Wildman–Crippen LogP) is 1.62. The van der Waals surface area contributed by atoms with Gasteiger partial charge < -0.3 is 4.74 Å². The van der Waals surface area contributed by atoms with E-state index < -0.39 is 18.2 Å². The smallest absolute Gasteiger partial charge is 0.374 e. The lowest BCUT2D eigenvalue weighted by atomic mass is 9.99. The molecule has 0 saturated heterocycles. The van der Waals surface area contributed by atoms with E-state index in [4.69, 9.17) is 0 Å². The summed E-state index contributed by atoms with van der Waals surface area (Å²) in [6.45, 7) is 3.71. The number of esters is 1. The molecule has 0 radical (unpaired) electrons. The lowest BCUT2D eigenvalue weighted by molar-refractivity contribution is -0.151. The van der Waals surface area contributed by atoms with Crippen LogP contribution in [-0.4, -0.2) is 24.6 Å². The monoisotopic (exact) mass is 234 g/mol. The van der Waals surface area contributed by atoms with E-state index in [1.165, 1.54) is 0 Å². The number of aryl methyl sites for hydroxylation is 2. The highest BCUT2D eigenvalue weighted by Gasteiger charge is 2.20. The van der Waals surface area contributed by atoms with Gasteiger partial charge in [0.1, 0.15) is 0 Å². The molecule has 17 heavy (non-hydrogen) atoms. The molecule has 0 amide bonds. The molecule has 0 saturated carbocycles. The minimum Gasteiger partial charge on any atom is -0.463 e. The van der Waals surface area contributed by atoms with Crippen LogP contribution in [0.4, 0.5) is 0 Å². The minimum atomic E-state index is -0.983. The number of hydrogen-bond donors (Lipinski definition) is 0. The number of methoxy groups -OCH3 is 1.